The lowest BCUT2D eigenvalue weighted by Gasteiger charge is -2.23. The number of methoxy groups -OCH3 is 2. The first-order chi connectivity index (χ1) is 13.4. The predicted molar refractivity (Wildman–Crippen MR) is 104 cm³/mol. The van der Waals surface area contributed by atoms with Gasteiger partial charge in [0.2, 0.25) is 16.0 Å². The van der Waals surface area contributed by atoms with Gasteiger partial charge >= 0.3 is 18.1 Å². The molecule has 2 amide bonds. The van der Waals surface area contributed by atoms with E-state index in [9.17, 15) is 13.2 Å². The molecule has 1 fully saturated rings. The zero-order valence-electron chi connectivity index (χ0n) is 16.0. The van der Waals surface area contributed by atoms with Gasteiger partial charge in [0.05, 0.1) is 24.8 Å². The Kier molecular flexibility index (Phi) is 8.49. The maximum Gasteiger partial charge on any atom is 0.335 e. The minimum atomic E-state index is -3.98. The van der Waals surface area contributed by atoms with Crippen molar-refractivity contribution in [3.05, 3.63) is 0 Å². The van der Waals surface area contributed by atoms with Gasteiger partial charge in [0.15, 0.2) is 0 Å². The van der Waals surface area contributed by atoms with Crippen LogP contribution in [0.5, 0.6) is 12.0 Å². The van der Waals surface area contributed by atoms with E-state index in [0.29, 0.717) is 12.8 Å². The molecule has 0 radical (unpaired) electrons. The summed E-state index contributed by atoms with van der Waals surface area (Å²) in [6.07, 6.45) is 6.83. The number of urea groups is 1. The number of nitrogens with zero attached hydrogens (tertiary/aromatic N) is 3. The normalized spacial score (nSPS) is 21.4. The molecule has 1 aromatic heterocycles. The summed E-state index contributed by atoms with van der Waals surface area (Å²) < 4.78 is 37.3. The molecule has 1 aliphatic rings. The third-order valence-electron chi connectivity index (χ3n) is 4.44. The van der Waals surface area contributed by atoms with E-state index in [2.05, 4.69) is 20.3 Å². The van der Waals surface area contributed by atoms with Gasteiger partial charge in [0.1, 0.15) is 0 Å². The molecule has 1 aliphatic carbocycles. The van der Waals surface area contributed by atoms with Crippen molar-refractivity contribution in [1.29, 1.82) is 0 Å². The van der Waals surface area contributed by atoms with Crippen LogP contribution >= 0.6 is 11.6 Å². The van der Waals surface area contributed by atoms with Crippen LogP contribution in [0.3, 0.4) is 0 Å². The summed E-state index contributed by atoms with van der Waals surface area (Å²) in [5.74, 6) is -0.204. The summed E-state index contributed by atoms with van der Waals surface area (Å²) in [5.41, 5.74) is 0. The average molecular weight is 436 g/mol. The number of ether oxygens (including phenoxy) is 2. The molecule has 1 aromatic rings. The SMILES string of the molecule is COc1nc(NC(=O)NS(=O)(=O)C2CCCCCCCCC2Cl)nc(OC)n1. The minimum Gasteiger partial charge on any atom is -0.467 e. The summed E-state index contributed by atoms with van der Waals surface area (Å²) >= 11 is 6.38. The van der Waals surface area contributed by atoms with Crippen molar-refractivity contribution < 1.29 is 22.7 Å². The van der Waals surface area contributed by atoms with Gasteiger partial charge < -0.3 is 9.47 Å². The van der Waals surface area contributed by atoms with Crippen molar-refractivity contribution in [3.63, 3.8) is 0 Å². The zero-order valence-corrected chi connectivity index (χ0v) is 17.6. The molecule has 158 valence electrons. The molecule has 0 bridgehead atoms. The fourth-order valence-electron chi connectivity index (χ4n) is 3.02. The average Bonchev–Trinajstić information content (AvgIpc) is 2.65. The van der Waals surface area contributed by atoms with Gasteiger partial charge in [-0.05, 0) is 12.8 Å². The first-order valence-electron chi connectivity index (χ1n) is 9.16. The van der Waals surface area contributed by atoms with Gasteiger partial charge in [0.25, 0.3) is 0 Å². The van der Waals surface area contributed by atoms with Crippen molar-refractivity contribution in [2.24, 2.45) is 0 Å². The second-order valence-corrected chi connectivity index (χ2v) is 8.95. The van der Waals surface area contributed by atoms with E-state index in [1.165, 1.54) is 14.2 Å². The van der Waals surface area contributed by atoms with Gasteiger partial charge in [-0.15, -0.1) is 16.6 Å². The first kappa shape index (κ1) is 22.4. The molecular weight excluding hydrogens is 410 g/mol. The van der Waals surface area contributed by atoms with Crippen molar-refractivity contribution >= 4 is 33.6 Å². The third-order valence-corrected chi connectivity index (χ3v) is 6.94. The maximum atomic E-state index is 12.7. The molecule has 1 heterocycles. The Morgan fingerprint density at radius 3 is 2.07 bits per heavy atom. The van der Waals surface area contributed by atoms with Gasteiger partial charge in [0, 0.05) is 0 Å². The Bertz CT molecular complexity index is 742. The molecule has 0 aromatic carbocycles. The Labute approximate surface area is 169 Å². The predicted octanol–water partition coefficient (Wildman–Crippen LogP) is 2.45. The molecular formula is C16H26ClN5O5S. The van der Waals surface area contributed by atoms with Crippen LogP contribution in [0.1, 0.15) is 51.4 Å². The number of hydrogen-bond acceptors (Lipinski definition) is 8. The number of halogens is 1. The highest BCUT2D eigenvalue weighted by molar-refractivity contribution is 7.90. The number of anilines is 1. The van der Waals surface area contributed by atoms with Crippen molar-refractivity contribution in [2.45, 2.75) is 62.0 Å². The number of hydrogen-bond donors (Lipinski definition) is 2. The standard InChI is InChI=1S/C16H26ClN5O5S/c1-26-15-19-13(20-16(21-15)27-2)18-14(23)22-28(24,25)12-10-8-6-4-3-5-7-9-11(12)17/h11-12H,3-10H2,1-2H3,(H2,18,19,20,21,22,23). The molecule has 2 N–H and O–H groups in total. The molecule has 0 aliphatic heterocycles. The van der Waals surface area contributed by atoms with E-state index in [4.69, 9.17) is 21.1 Å². The summed E-state index contributed by atoms with van der Waals surface area (Å²) in [6, 6.07) is -1.16. The van der Waals surface area contributed by atoms with Gasteiger partial charge in [-0.2, -0.15) is 9.97 Å². The van der Waals surface area contributed by atoms with Crippen LogP contribution in [-0.2, 0) is 10.0 Å². The molecule has 2 atom stereocenters. The Hall–Kier alpha value is -1.88. The van der Waals surface area contributed by atoms with E-state index in [-0.39, 0.29) is 18.0 Å². The van der Waals surface area contributed by atoms with Crippen molar-refractivity contribution in [3.8, 4) is 12.0 Å². The Morgan fingerprint density at radius 1 is 0.964 bits per heavy atom. The Balaban J connectivity index is 2.07. The monoisotopic (exact) mass is 435 g/mol. The third kappa shape index (κ3) is 6.62. The van der Waals surface area contributed by atoms with E-state index >= 15 is 0 Å². The second-order valence-electron chi connectivity index (χ2n) is 6.49. The number of carbonyl (C=O) groups is 1. The van der Waals surface area contributed by atoms with Crippen LogP contribution in [0.2, 0.25) is 0 Å². The summed E-state index contributed by atoms with van der Waals surface area (Å²) in [7, 11) is -1.31. The fourth-order valence-corrected chi connectivity index (χ4v) is 5.17. The summed E-state index contributed by atoms with van der Waals surface area (Å²) in [6.45, 7) is 0. The molecule has 12 heteroatoms. The molecule has 2 rings (SSSR count). The molecule has 1 saturated carbocycles. The molecule has 28 heavy (non-hydrogen) atoms. The zero-order chi connectivity index (χ0) is 20.6. The van der Waals surface area contributed by atoms with Crippen LogP contribution in [0, 0.1) is 0 Å². The molecule has 10 nitrogen and oxygen atoms in total. The van der Waals surface area contributed by atoms with Crippen molar-refractivity contribution in [1.82, 2.24) is 19.7 Å². The van der Waals surface area contributed by atoms with Gasteiger partial charge in [-0.1, -0.05) is 38.5 Å². The number of alkyl halides is 1. The topological polar surface area (TPSA) is 132 Å². The number of rotatable bonds is 5. The lowest BCUT2D eigenvalue weighted by atomic mass is 10.0. The van der Waals surface area contributed by atoms with Gasteiger partial charge in [-0.3, -0.25) is 5.32 Å². The lowest BCUT2D eigenvalue weighted by molar-refractivity contribution is 0.256. The second kappa shape index (κ2) is 10.6. The largest absolute Gasteiger partial charge is 0.467 e. The summed E-state index contributed by atoms with van der Waals surface area (Å²) in [5, 5.41) is 0.856. The highest BCUT2D eigenvalue weighted by atomic mass is 35.5. The number of amides is 2. The summed E-state index contributed by atoms with van der Waals surface area (Å²) in [4.78, 5) is 23.7. The minimum absolute atomic E-state index is 0.0850. The number of carbonyl (C=O) groups excluding carboxylic acids is 1. The van der Waals surface area contributed by atoms with Crippen LogP contribution in [-0.4, -0.2) is 54.2 Å². The number of sulfonamides is 1. The van der Waals surface area contributed by atoms with Crippen LogP contribution in [0.4, 0.5) is 10.7 Å². The quantitative estimate of drug-likeness (QED) is 0.674. The highest BCUT2D eigenvalue weighted by Crippen LogP contribution is 2.25. The van der Waals surface area contributed by atoms with Crippen LogP contribution in [0.25, 0.3) is 0 Å². The Morgan fingerprint density at radius 2 is 1.50 bits per heavy atom. The molecule has 0 saturated heterocycles. The van der Waals surface area contributed by atoms with E-state index in [1.54, 1.807) is 0 Å². The van der Waals surface area contributed by atoms with E-state index in [1.807, 2.05) is 4.72 Å². The first-order valence-corrected chi connectivity index (χ1v) is 11.1. The van der Waals surface area contributed by atoms with E-state index < -0.39 is 26.7 Å². The fraction of sp³-hybridized carbons (Fsp3) is 0.750. The van der Waals surface area contributed by atoms with Crippen LogP contribution in [0.15, 0.2) is 0 Å². The number of nitrogens with one attached hydrogen (secondary N) is 2. The maximum absolute atomic E-state index is 12.7. The highest BCUT2D eigenvalue weighted by Gasteiger charge is 2.33. The van der Waals surface area contributed by atoms with E-state index in [0.717, 1.165) is 38.5 Å². The molecule has 2 unspecified atom stereocenters. The van der Waals surface area contributed by atoms with Crippen molar-refractivity contribution in [2.75, 3.05) is 19.5 Å². The molecule has 0 spiro atoms. The number of aromatic nitrogens is 3. The van der Waals surface area contributed by atoms with Crippen LogP contribution < -0.4 is 19.5 Å². The smallest absolute Gasteiger partial charge is 0.335 e. The van der Waals surface area contributed by atoms with Gasteiger partial charge in [-0.25, -0.2) is 17.9 Å². The lowest BCUT2D eigenvalue weighted by Crippen LogP contribution is -2.44.